The van der Waals surface area contributed by atoms with Crippen molar-refractivity contribution in [2.45, 2.75) is 25.2 Å². The Morgan fingerprint density at radius 1 is 1.12 bits per heavy atom. The van der Waals surface area contributed by atoms with Crippen molar-refractivity contribution in [2.75, 3.05) is 31.5 Å². The van der Waals surface area contributed by atoms with Crippen molar-refractivity contribution in [3.63, 3.8) is 0 Å². The van der Waals surface area contributed by atoms with Gasteiger partial charge in [-0.3, -0.25) is 15.0 Å². The van der Waals surface area contributed by atoms with E-state index in [0.29, 0.717) is 5.02 Å². The first-order valence-corrected chi connectivity index (χ1v) is 10.4. The third-order valence-electron chi connectivity index (χ3n) is 5.18. The summed E-state index contributed by atoms with van der Waals surface area (Å²) in [6.45, 7) is 1.60. The molecule has 1 N–H and O–H groups in total. The van der Waals surface area contributed by atoms with Crippen molar-refractivity contribution in [2.24, 2.45) is 0 Å². The van der Waals surface area contributed by atoms with Crippen LogP contribution in [0.2, 0.25) is 5.02 Å². The lowest BCUT2D eigenvalue weighted by Gasteiger charge is -2.42. The summed E-state index contributed by atoms with van der Waals surface area (Å²) >= 11 is 5.76. The van der Waals surface area contributed by atoms with Crippen molar-refractivity contribution in [3.05, 3.63) is 65.2 Å². The second kappa shape index (κ2) is 11.6. The molecule has 1 aliphatic rings. The molecule has 0 bridgehead atoms. The summed E-state index contributed by atoms with van der Waals surface area (Å²) in [5.41, 5.74) is 1.09. The highest BCUT2D eigenvalue weighted by Gasteiger charge is 2.45. The van der Waals surface area contributed by atoms with E-state index in [1.165, 1.54) is 31.2 Å². The number of rotatable bonds is 5. The Balaban J connectivity index is 0.00000385. The van der Waals surface area contributed by atoms with E-state index in [0.717, 1.165) is 5.56 Å². The van der Waals surface area contributed by atoms with E-state index in [9.17, 15) is 22.8 Å². The molecule has 2 aromatic carbocycles. The molecule has 0 saturated carbocycles. The summed E-state index contributed by atoms with van der Waals surface area (Å²) in [4.78, 5) is 27.3. The van der Waals surface area contributed by atoms with Crippen molar-refractivity contribution in [1.29, 1.82) is 0 Å². The second-order valence-corrected chi connectivity index (χ2v) is 7.90. The van der Waals surface area contributed by atoms with Gasteiger partial charge in [-0.25, -0.2) is 4.79 Å². The van der Waals surface area contributed by atoms with Crippen molar-refractivity contribution in [3.8, 4) is 0 Å². The average Bonchev–Trinajstić information content (AvgIpc) is 2.74. The topological polar surface area (TPSA) is 61.9 Å². The van der Waals surface area contributed by atoms with Crippen molar-refractivity contribution < 1.29 is 27.5 Å². The van der Waals surface area contributed by atoms with Crippen molar-refractivity contribution in [1.82, 2.24) is 9.80 Å². The van der Waals surface area contributed by atoms with Gasteiger partial charge in [0, 0.05) is 43.8 Å². The lowest BCUT2D eigenvalue weighted by atomic mass is 10.0. The van der Waals surface area contributed by atoms with Crippen LogP contribution in [0.1, 0.15) is 18.5 Å². The largest absolute Gasteiger partial charge is 0.435 e. The summed E-state index contributed by atoms with van der Waals surface area (Å²) < 4.78 is 45.7. The Morgan fingerprint density at radius 2 is 1.76 bits per heavy atom. The Morgan fingerprint density at radius 3 is 2.33 bits per heavy atom. The maximum absolute atomic E-state index is 13.6. The molecular weight excluding hydrogens is 482 g/mol. The lowest BCUT2D eigenvalue weighted by Crippen LogP contribution is -2.54. The number of anilines is 1. The van der Waals surface area contributed by atoms with Crippen LogP contribution >= 0.6 is 24.0 Å². The number of hydrogen-bond donors (Lipinski definition) is 1. The predicted molar refractivity (Wildman–Crippen MR) is 122 cm³/mol. The fourth-order valence-electron chi connectivity index (χ4n) is 3.59. The summed E-state index contributed by atoms with van der Waals surface area (Å²) in [7, 11) is 0. The zero-order chi connectivity index (χ0) is 23.3. The number of ether oxygens (including phenoxy) is 1. The predicted octanol–water partition coefficient (Wildman–Crippen LogP) is 5.15. The molecule has 1 saturated heterocycles. The van der Waals surface area contributed by atoms with Crippen LogP contribution in [0.3, 0.4) is 0 Å². The summed E-state index contributed by atoms with van der Waals surface area (Å²) in [5, 5.41) is 2.70. The van der Waals surface area contributed by atoms with Gasteiger partial charge in [-0.05, 0) is 29.8 Å². The molecule has 1 unspecified atom stereocenters. The maximum Gasteiger partial charge on any atom is 0.426 e. The van der Waals surface area contributed by atoms with Gasteiger partial charge in [-0.1, -0.05) is 41.9 Å². The molecule has 0 aliphatic carbocycles. The molecule has 3 rings (SSSR count). The van der Waals surface area contributed by atoms with Crippen LogP contribution in [0.25, 0.3) is 0 Å². The smallest absolute Gasteiger partial charge is 0.426 e. The zero-order valence-corrected chi connectivity index (χ0v) is 19.3. The molecule has 1 aliphatic heterocycles. The molecule has 0 spiro atoms. The van der Waals surface area contributed by atoms with E-state index in [2.05, 4.69) is 5.32 Å². The average molecular weight is 506 g/mol. The van der Waals surface area contributed by atoms with E-state index in [1.807, 2.05) is 30.3 Å². The highest BCUT2D eigenvalue weighted by atomic mass is 35.5. The Labute approximate surface area is 201 Å². The van der Waals surface area contributed by atoms with Gasteiger partial charge in [0.2, 0.25) is 12.0 Å². The molecule has 6 nitrogen and oxygen atoms in total. The molecule has 2 amide bonds. The number of nitrogens with zero attached hydrogens (tertiary/aromatic N) is 2. The summed E-state index contributed by atoms with van der Waals surface area (Å²) in [6, 6.07) is 14.6. The molecule has 180 valence electrons. The quantitative estimate of drug-likeness (QED) is 0.610. The Hall–Kier alpha value is -2.49. The normalized spacial score (nSPS) is 17.6. The number of piperazine rings is 1. The van der Waals surface area contributed by atoms with Crippen LogP contribution < -0.4 is 5.32 Å². The SMILES string of the molecule is CC(=O)N1CCN(C[C@H](OC(=O)Nc2ccc(Cl)cc2)C(F)(F)F)CC1c1ccccc1.Cl. The summed E-state index contributed by atoms with van der Waals surface area (Å²) in [5.74, 6) is -0.149. The fourth-order valence-corrected chi connectivity index (χ4v) is 3.72. The van der Waals surface area contributed by atoms with Crippen LogP contribution in [-0.2, 0) is 9.53 Å². The van der Waals surface area contributed by atoms with Crippen LogP contribution in [-0.4, -0.2) is 60.3 Å². The molecule has 1 heterocycles. The summed E-state index contributed by atoms with van der Waals surface area (Å²) in [6.07, 6.45) is -8.29. The third kappa shape index (κ3) is 7.52. The van der Waals surface area contributed by atoms with Crippen molar-refractivity contribution >= 4 is 41.7 Å². The number of carbonyl (C=O) groups is 2. The zero-order valence-electron chi connectivity index (χ0n) is 17.7. The molecule has 0 radical (unpaired) electrons. The number of alkyl halides is 3. The second-order valence-electron chi connectivity index (χ2n) is 7.47. The molecule has 11 heteroatoms. The van der Waals surface area contributed by atoms with Crippen LogP contribution in [0, 0.1) is 0 Å². The number of hydrogen-bond acceptors (Lipinski definition) is 4. The van der Waals surface area contributed by atoms with Crippen LogP contribution in [0.15, 0.2) is 54.6 Å². The number of benzene rings is 2. The third-order valence-corrected chi connectivity index (χ3v) is 5.43. The minimum absolute atomic E-state index is 0. The number of nitrogens with one attached hydrogen (secondary N) is 1. The van der Waals surface area contributed by atoms with Crippen LogP contribution in [0.5, 0.6) is 0 Å². The maximum atomic E-state index is 13.6. The van der Waals surface area contributed by atoms with Gasteiger partial charge < -0.3 is 9.64 Å². The van der Waals surface area contributed by atoms with Gasteiger partial charge in [0.25, 0.3) is 0 Å². The van der Waals surface area contributed by atoms with Gasteiger partial charge in [-0.2, -0.15) is 13.2 Å². The molecule has 2 atom stereocenters. The number of amides is 2. The fraction of sp³-hybridized carbons (Fsp3) is 0.364. The molecule has 2 aromatic rings. The molecular formula is C22H24Cl2F3N3O3. The Bertz CT molecular complexity index is 930. The van der Waals surface area contributed by atoms with Gasteiger partial charge in [0.15, 0.2) is 0 Å². The van der Waals surface area contributed by atoms with E-state index >= 15 is 0 Å². The first kappa shape index (κ1) is 26.8. The van der Waals surface area contributed by atoms with E-state index in [4.69, 9.17) is 16.3 Å². The highest BCUT2D eigenvalue weighted by Crippen LogP contribution is 2.29. The number of halogens is 5. The minimum atomic E-state index is -4.75. The van der Waals surface area contributed by atoms with Gasteiger partial charge in [0.05, 0.1) is 6.04 Å². The van der Waals surface area contributed by atoms with Crippen LogP contribution in [0.4, 0.5) is 23.7 Å². The molecule has 1 fully saturated rings. The lowest BCUT2D eigenvalue weighted by molar-refractivity contribution is -0.208. The highest BCUT2D eigenvalue weighted by molar-refractivity contribution is 6.30. The van der Waals surface area contributed by atoms with E-state index in [-0.39, 0.29) is 49.7 Å². The first-order valence-electron chi connectivity index (χ1n) is 9.98. The first-order chi connectivity index (χ1) is 15.1. The Kier molecular flexibility index (Phi) is 9.39. The number of carbonyl (C=O) groups excluding carboxylic acids is 2. The molecule has 0 aromatic heterocycles. The minimum Gasteiger partial charge on any atom is -0.435 e. The van der Waals surface area contributed by atoms with Gasteiger partial charge >= 0.3 is 12.3 Å². The van der Waals surface area contributed by atoms with E-state index in [1.54, 1.807) is 9.80 Å². The molecule has 33 heavy (non-hydrogen) atoms. The van der Waals surface area contributed by atoms with Gasteiger partial charge in [-0.15, -0.1) is 12.4 Å². The van der Waals surface area contributed by atoms with E-state index < -0.39 is 24.9 Å². The monoisotopic (exact) mass is 505 g/mol. The standard InChI is InChI=1S/C22H23ClF3N3O3.ClH/c1-15(30)29-12-11-28(13-19(29)16-5-3-2-4-6-16)14-20(22(24,25)26)32-21(31)27-18-9-7-17(23)8-10-18;/h2-10,19-20H,11-14H2,1H3,(H,27,31);1H/t19?,20-;/m0./s1. The van der Waals surface area contributed by atoms with Gasteiger partial charge in [0.1, 0.15) is 0 Å².